The molecule has 0 radical (unpaired) electrons. The molecule has 1 amide bonds. The number of hydrogen-bond acceptors (Lipinski definition) is 9. The number of nitrogens with two attached hydrogens (primary N) is 1. The van der Waals surface area contributed by atoms with E-state index in [9.17, 15) is 20.3 Å². The van der Waals surface area contributed by atoms with Crippen molar-refractivity contribution in [2.75, 3.05) is 38.7 Å². The fraction of sp³-hybridized carbons (Fsp3) is 0.333. The number of amides is 1. The van der Waals surface area contributed by atoms with E-state index < -0.39 is 11.5 Å². The lowest BCUT2D eigenvalue weighted by atomic mass is 9.96. The number of aromatic nitrogens is 1. The molecule has 0 saturated carbocycles. The Morgan fingerprint density at radius 3 is 2.61 bits per heavy atom. The van der Waals surface area contributed by atoms with Crippen LogP contribution in [0.4, 0.5) is 5.82 Å². The Morgan fingerprint density at radius 2 is 2.06 bits per heavy atom. The number of anilines is 1. The van der Waals surface area contributed by atoms with Crippen molar-refractivity contribution in [2.24, 2.45) is 4.99 Å². The molecule has 1 aromatic heterocycles. The average Bonchev–Trinajstić information content (AvgIpc) is 2.76. The number of methoxy groups -OCH3 is 1. The molecule has 1 heterocycles. The van der Waals surface area contributed by atoms with E-state index in [0.717, 1.165) is 11.8 Å². The van der Waals surface area contributed by atoms with Gasteiger partial charge < -0.3 is 25.6 Å². The molecule has 0 fully saturated rings. The second kappa shape index (κ2) is 10.5. The van der Waals surface area contributed by atoms with Crippen molar-refractivity contribution in [1.29, 1.82) is 5.26 Å². The first-order chi connectivity index (χ1) is 14.8. The molecule has 0 aliphatic rings. The van der Waals surface area contributed by atoms with Gasteiger partial charge in [-0.15, -0.1) is 0 Å². The number of aromatic hydroxyl groups is 2. The van der Waals surface area contributed by atoms with Crippen LogP contribution in [0.3, 0.4) is 0 Å². The molecule has 9 nitrogen and oxygen atoms in total. The van der Waals surface area contributed by atoms with Crippen molar-refractivity contribution < 1.29 is 19.7 Å². The lowest BCUT2D eigenvalue weighted by Gasteiger charge is -2.19. The van der Waals surface area contributed by atoms with Crippen molar-refractivity contribution in [1.82, 2.24) is 9.88 Å². The number of pyridine rings is 1. The average molecular weight is 444 g/mol. The van der Waals surface area contributed by atoms with Crippen molar-refractivity contribution in [2.45, 2.75) is 18.9 Å². The maximum Gasteiger partial charge on any atom is 0.232 e. The van der Waals surface area contributed by atoms with E-state index in [2.05, 4.69) is 16.0 Å². The van der Waals surface area contributed by atoms with Gasteiger partial charge in [-0.2, -0.15) is 5.26 Å². The van der Waals surface area contributed by atoms with Gasteiger partial charge in [-0.25, -0.2) is 4.98 Å². The third kappa shape index (κ3) is 5.00. The Hall–Kier alpha value is -3.45. The van der Waals surface area contributed by atoms with Gasteiger partial charge in [0.05, 0.1) is 18.4 Å². The highest BCUT2D eigenvalue weighted by Gasteiger charge is 2.23. The largest absolute Gasteiger partial charge is 0.504 e. The molecule has 0 bridgehead atoms. The number of thioether (sulfide) groups is 1. The van der Waals surface area contributed by atoms with Crippen molar-refractivity contribution in [3.63, 3.8) is 0 Å². The van der Waals surface area contributed by atoms with Crippen LogP contribution in [0.1, 0.15) is 25.0 Å². The van der Waals surface area contributed by atoms with E-state index in [4.69, 9.17) is 10.5 Å². The Bertz CT molecular complexity index is 1050. The number of benzene rings is 1. The molecule has 0 aliphatic carbocycles. The first-order valence-corrected chi connectivity index (χ1v) is 10.5. The fourth-order valence-electron chi connectivity index (χ4n) is 3.05. The van der Waals surface area contributed by atoms with Crippen molar-refractivity contribution >= 4 is 29.7 Å². The maximum atomic E-state index is 12.4. The molecule has 0 atom stereocenters. The topological polar surface area (TPSA) is 145 Å². The molecular weight excluding hydrogens is 418 g/mol. The minimum absolute atomic E-state index is 0.0274. The molecule has 0 unspecified atom stereocenters. The molecule has 0 spiro atoms. The summed E-state index contributed by atoms with van der Waals surface area (Å²) in [6.07, 6.45) is 1.46. The van der Waals surface area contributed by atoms with Crippen LogP contribution in [-0.2, 0) is 4.79 Å². The number of aliphatic imine (C=N–C) groups is 1. The van der Waals surface area contributed by atoms with Crippen LogP contribution in [0, 0.1) is 11.3 Å². The van der Waals surface area contributed by atoms with E-state index in [0.29, 0.717) is 29.8 Å². The molecule has 0 aliphatic heterocycles. The van der Waals surface area contributed by atoms with Crippen LogP contribution < -0.4 is 10.5 Å². The smallest absolute Gasteiger partial charge is 0.232 e. The molecular formula is C21H25N5O4S. The summed E-state index contributed by atoms with van der Waals surface area (Å²) in [6.45, 7) is 4.95. The van der Waals surface area contributed by atoms with Gasteiger partial charge in [-0.05, 0) is 31.5 Å². The van der Waals surface area contributed by atoms with Crippen LogP contribution >= 0.6 is 11.8 Å². The second-order valence-corrected chi connectivity index (χ2v) is 7.33. The monoisotopic (exact) mass is 443 g/mol. The summed E-state index contributed by atoms with van der Waals surface area (Å²) in [4.78, 5) is 22.4. The van der Waals surface area contributed by atoms with E-state index in [1.165, 1.54) is 25.5 Å². The minimum Gasteiger partial charge on any atom is -0.504 e. The van der Waals surface area contributed by atoms with Crippen molar-refractivity contribution in [3.05, 3.63) is 23.3 Å². The lowest BCUT2D eigenvalue weighted by molar-refractivity contribution is -0.127. The van der Waals surface area contributed by atoms with E-state index in [1.54, 1.807) is 11.9 Å². The summed E-state index contributed by atoms with van der Waals surface area (Å²) >= 11 is 1.11. The summed E-state index contributed by atoms with van der Waals surface area (Å²) in [7, 11) is 2.90. The number of carbonyl (C=O) groups excluding carboxylic acids is 1. The van der Waals surface area contributed by atoms with Gasteiger partial charge in [-0.1, -0.05) is 11.8 Å². The molecule has 31 heavy (non-hydrogen) atoms. The first kappa shape index (κ1) is 23.8. The van der Waals surface area contributed by atoms with Gasteiger partial charge in [0.15, 0.2) is 11.5 Å². The zero-order chi connectivity index (χ0) is 23.1. The van der Waals surface area contributed by atoms with Crippen LogP contribution in [0.15, 0.2) is 22.2 Å². The summed E-state index contributed by atoms with van der Waals surface area (Å²) in [5.41, 5.74) is 7.46. The number of phenolic OH excluding ortho intramolecular Hbond substituents is 2. The first-order valence-electron chi connectivity index (χ1n) is 9.49. The molecule has 10 heteroatoms. The predicted molar refractivity (Wildman–Crippen MR) is 121 cm³/mol. The summed E-state index contributed by atoms with van der Waals surface area (Å²) in [5.74, 6) is -0.684. The Labute approximate surface area is 185 Å². The number of phenols is 2. The molecule has 164 valence electrons. The highest BCUT2D eigenvalue weighted by atomic mass is 32.2. The zero-order valence-electron chi connectivity index (χ0n) is 17.8. The maximum absolute atomic E-state index is 12.4. The van der Waals surface area contributed by atoms with E-state index >= 15 is 0 Å². The summed E-state index contributed by atoms with van der Waals surface area (Å²) in [6, 6.07) is 4.91. The van der Waals surface area contributed by atoms with Gasteiger partial charge >= 0.3 is 0 Å². The highest BCUT2D eigenvalue weighted by molar-refractivity contribution is 8.00. The van der Waals surface area contributed by atoms with Crippen LogP contribution in [0.5, 0.6) is 17.2 Å². The summed E-state index contributed by atoms with van der Waals surface area (Å²) in [5, 5.41) is 30.3. The lowest BCUT2D eigenvalue weighted by Crippen LogP contribution is -2.31. The molecule has 2 rings (SSSR count). The number of rotatable bonds is 8. The van der Waals surface area contributed by atoms with Gasteiger partial charge in [-0.3, -0.25) is 9.79 Å². The Kier molecular flexibility index (Phi) is 8.10. The highest BCUT2D eigenvalue weighted by Crippen LogP contribution is 2.43. The SMILES string of the molecule is CCN(CC)C(=O)CSc1nc(N)c(C=NC)c(-c2cc(O)c(O)c(OC)c2)c1C#N. The third-order valence-corrected chi connectivity index (χ3v) is 5.57. The minimum atomic E-state index is -0.420. The number of nitrogen functional groups attached to an aromatic ring is 1. The van der Waals surface area contributed by atoms with Gasteiger partial charge in [0.25, 0.3) is 0 Å². The van der Waals surface area contributed by atoms with Gasteiger partial charge in [0.2, 0.25) is 11.7 Å². The fourth-order valence-corrected chi connectivity index (χ4v) is 3.95. The molecule has 0 saturated heterocycles. The van der Waals surface area contributed by atoms with Crippen LogP contribution in [-0.4, -0.2) is 65.2 Å². The normalized spacial score (nSPS) is 10.8. The molecule has 4 N–H and O–H groups in total. The van der Waals surface area contributed by atoms with Crippen molar-refractivity contribution in [3.8, 4) is 34.4 Å². The predicted octanol–water partition coefficient (Wildman–Crippen LogP) is 2.63. The Morgan fingerprint density at radius 1 is 1.39 bits per heavy atom. The van der Waals surface area contributed by atoms with E-state index in [1.807, 2.05) is 13.8 Å². The standard InChI is InChI=1S/C21H25N5O4S/c1-5-26(6-2)17(28)11-31-21-13(9-22)18(14(10-24-3)20(23)25-21)12-7-15(27)19(29)16(8-12)30-4/h7-8,10,27,29H,5-6,11H2,1-4H3,(H2,23,25). The van der Waals surface area contributed by atoms with Crippen LogP contribution in [0.2, 0.25) is 0 Å². The van der Waals surface area contributed by atoms with Gasteiger partial charge in [0.1, 0.15) is 16.9 Å². The number of hydrogen-bond donors (Lipinski definition) is 3. The third-order valence-electron chi connectivity index (χ3n) is 4.61. The number of nitriles is 1. The zero-order valence-corrected chi connectivity index (χ0v) is 18.7. The van der Waals surface area contributed by atoms with E-state index in [-0.39, 0.29) is 33.8 Å². The molecule has 1 aromatic carbocycles. The molecule has 2 aromatic rings. The number of nitrogens with zero attached hydrogens (tertiary/aromatic N) is 4. The van der Waals surface area contributed by atoms with Gasteiger partial charge in [0, 0.05) is 37.5 Å². The summed E-state index contributed by atoms with van der Waals surface area (Å²) < 4.78 is 5.12. The number of carbonyl (C=O) groups is 1. The number of ether oxygens (including phenoxy) is 1. The Balaban J connectivity index is 2.68. The van der Waals surface area contributed by atoms with Crippen LogP contribution in [0.25, 0.3) is 11.1 Å². The second-order valence-electron chi connectivity index (χ2n) is 6.37. The quantitative estimate of drug-likeness (QED) is 0.321.